The molecule has 100 valence electrons. The lowest BCUT2D eigenvalue weighted by atomic mass is 9.93. The summed E-state index contributed by atoms with van der Waals surface area (Å²) in [7, 11) is 0. The van der Waals surface area contributed by atoms with Gasteiger partial charge in [0.05, 0.1) is 18.0 Å². The standard InChI is InChI=1S/C14H16BrN3O/c1-14(2)9-17-13(19)12(6-7-16)18(14)11-5-3-4-10(15)8-11/h3-5,8,12H,6,9H2,1-2H3,(H,17,19). The van der Waals surface area contributed by atoms with Gasteiger partial charge in [0.25, 0.3) is 0 Å². The maximum absolute atomic E-state index is 12.0. The summed E-state index contributed by atoms with van der Waals surface area (Å²) >= 11 is 3.45. The van der Waals surface area contributed by atoms with E-state index in [1.165, 1.54) is 0 Å². The van der Waals surface area contributed by atoms with Crippen molar-refractivity contribution in [3.63, 3.8) is 0 Å². The van der Waals surface area contributed by atoms with Gasteiger partial charge in [-0.25, -0.2) is 0 Å². The summed E-state index contributed by atoms with van der Waals surface area (Å²) in [6.07, 6.45) is 0.182. The van der Waals surface area contributed by atoms with Gasteiger partial charge in [0.2, 0.25) is 5.91 Å². The lowest BCUT2D eigenvalue weighted by Crippen LogP contribution is -2.65. The highest BCUT2D eigenvalue weighted by atomic mass is 79.9. The van der Waals surface area contributed by atoms with Gasteiger partial charge in [-0.05, 0) is 32.0 Å². The summed E-state index contributed by atoms with van der Waals surface area (Å²) in [6, 6.07) is 9.49. The van der Waals surface area contributed by atoms with Gasteiger partial charge < -0.3 is 10.2 Å². The predicted octanol–water partition coefficient (Wildman–Crippen LogP) is 2.45. The van der Waals surface area contributed by atoms with Crippen LogP contribution in [0.15, 0.2) is 28.7 Å². The molecule has 4 nitrogen and oxygen atoms in total. The summed E-state index contributed by atoms with van der Waals surface area (Å²) in [5, 5.41) is 11.8. The van der Waals surface area contributed by atoms with E-state index < -0.39 is 6.04 Å². The van der Waals surface area contributed by atoms with Crippen LogP contribution in [0, 0.1) is 11.3 Å². The second-order valence-corrected chi connectivity index (χ2v) is 6.17. The third-order valence-electron chi connectivity index (χ3n) is 3.33. The fourth-order valence-electron chi connectivity index (χ4n) is 2.47. The zero-order valence-corrected chi connectivity index (χ0v) is 12.6. The zero-order chi connectivity index (χ0) is 14.0. The Morgan fingerprint density at radius 1 is 1.58 bits per heavy atom. The zero-order valence-electron chi connectivity index (χ0n) is 11.0. The van der Waals surface area contributed by atoms with Gasteiger partial charge >= 0.3 is 0 Å². The summed E-state index contributed by atoms with van der Waals surface area (Å²) in [5.74, 6) is -0.0825. The molecule has 1 aliphatic rings. The number of hydrogen-bond acceptors (Lipinski definition) is 3. The van der Waals surface area contributed by atoms with Gasteiger partial charge in [-0.2, -0.15) is 5.26 Å². The molecule has 1 aromatic carbocycles. The van der Waals surface area contributed by atoms with Crippen molar-refractivity contribution < 1.29 is 4.79 Å². The highest BCUT2D eigenvalue weighted by Gasteiger charge is 2.41. The van der Waals surface area contributed by atoms with Crippen LogP contribution in [0.1, 0.15) is 20.3 Å². The molecule has 1 saturated heterocycles. The van der Waals surface area contributed by atoms with E-state index in [2.05, 4.69) is 41.2 Å². The molecule has 1 N–H and O–H groups in total. The van der Waals surface area contributed by atoms with Crippen LogP contribution in [0.25, 0.3) is 0 Å². The molecule has 1 unspecified atom stereocenters. The molecule has 1 atom stereocenters. The van der Waals surface area contributed by atoms with Crippen LogP contribution >= 0.6 is 15.9 Å². The van der Waals surface area contributed by atoms with Crippen LogP contribution < -0.4 is 10.2 Å². The van der Waals surface area contributed by atoms with Crippen LogP contribution in [0.3, 0.4) is 0 Å². The first-order chi connectivity index (χ1) is 8.95. The van der Waals surface area contributed by atoms with Gasteiger partial charge in [-0.1, -0.05) is 22.0 Å². The number of benzene rings is 1. The number of nitrogens with one attached hydrogen (secondary N) is 1. The van der Waals surface area contributed by atoms with Crippen molar-refractivity contribution in [1.29, 1.82) is 5.26 Å². The molecule has 0 aromatic heterocycles. The van der Waals surface area contributed by atoms with E-state index in [1.807, 2.05) is 29.2 Å². The van der Waals surface area contributed by atoms with Crippen molar-refractivity contribution >= 4 is 27.5 Å². The number of halogens is 1. The van der Waals surface area contributed by atoms with E-state index in [4.69, 9.17) is 5.26 Å². The summed E-state index contributed by atoms with van der Waals surface area (Å²) in [6.45, 7) is 4.70. The first-order valence-electron chi connectivity index (χ1n) is 6.15. The highest BCUT2D eigenvalue weighted by Crippen LogP contribution is 2.31. The van der Waals surface area contributed by atoms with E-state index in [9.17, 15) is 4.79 Å². The first kappa shape index (κ1) is 13.9. The number of carbonyl (C=O) groups is 1. The minimum Gasteiger partial charge on any atom is -0.352 e. The molecular formula is C14H16BrN3O. The van der Waals surface area contributed by atoms with Crippen molar-refractivity contribution in [2.75, 3.05) is 11.4 Å². The maximum Gasteiger partial charge on any atom is 0.243 e. The normalized spacial score (nSPS) is 21.7. The Kier molecular flexibility index (Phi) is 3.81. The molecule has 0 radical (unpaired) electrons. The molecule has 1 fully saturated rings. The van der Waals surface area contributed by atoms with Crippen LogP contribution in [0.4, 0.5) is 5.69 Å². The second-order valence-electron chi connectivity index (χ2n) is 5.26. The smallest absolute Gasteiger partial charge is 0.243 e. The fraction of sp³-hybridized carbons (Fsp3) is 0.429. The number of piperazine rings is 1. The second kappa shape index (κ2) is 5.22. The van der Waals surface area contributed by atoms with Crippen LogP contribution in [-0.2, 0) is 4.79 Å². The van der Waals surface area contributed by atoms with E-state index >= 15 is 0 Å². The first-order valence-corrected chi connectivity index (χ1v) is 6.94. The molecule has 19 heavy (non-hydrogen) atoms. The molecule has 0 spiro atoms. The number of carbonyl (C=O) groups excluding carboxylic acids is 1. The van der Waals surface area contributed by atoms with Crippen molar-refractivity contribution in [3.8, 4) is 6.07 Å². The molecule has 1 aliphatic heterocycles. The quantitative estimate of drug-likeness (QED) is 0.910. The Bertz CT molecular complexity index is 536. The number of nitrogens with zero attached hydrogens (tertiary/aromatic N) is 2. The molecule has 0 aliphatic carbocycles. The van der Waals surface area contributed by atoms with Gasteiger partial charge in [-0.3, -0.25) is 4.79 Å². The van der Waals surface area contributed by atoms with Crippen molar-refractivity contribution in [1.82, 2.24) is 5.32 Å². The Balaban J connectivity index is 2.46. The Labute approximate surface area is 121 Å². The third-order valence-corrected chi connectivity index (χ3v) is 3.83. The van der Waals surface area contributed by atoms with Crippen LogP contribution in [0.5, 0.6) is 0 Å². The average Bonchev–Trinajstić information content (AvgIpc) is 2.34. The highest BCUT2D eigenvalue weighted by molar-refractivity contribution is 9.10. The Morgan fingerprint density at radius 3 is 2.95 bits per heavy atom. The van der Waals surface area contributed by atoms with Gasteiger partial charge in [0.15, 0.2) is 0 Å². The summed E-state index contributed by atoms with van der Waals surface area (Å²) in [4.78, 5) is 14.1. The van der Waals surface area contributed by atoms with Crippen molar-refractivity contribution in [2.45, 2.75) is 31.8 Å². The molecule has 1 heterocycles. The Morgan fingerprint density at radius 2 is 2.32 bits per heavy atom. The van der Waals surface area contributed by atoms with E-state index in [-0.39, 0.29) is 17.9 Å². The fourth-order valence-corrected chi connectivity index (χ4v) is 2.86. The summed E-state index contributed by atoms with van der Waals surface area (Å²) < 4.78 is 0.961. The number of hydrogen-bond donors (Lipinski definition) is 1. The number of rotatable bonds is 2. The van der Waals surface area contributed by atoms with Crippen LogP contribution in [0.2, 0.25) is 0 Å². The van der Waals surface area contributed by atoms with Gasteiger partial charge in [0.1, 0.15) is 6.04 Å². The number of anilines is 1. The molecule has 2 rings (SSSR count). The average molecular weight is 322 g/mol. The predicted molar refractivity (Wildman–Crippen MR) is 77.7 cm³/mol. The maximum atomic E-state index is 12.0. The van der Waals surface area contributed by atoms with Crippen LogP contribution in [-0.4, -0.2) is 24.0 Å². The Hall–Kier alpha value is -1.54. The molecule has 5 heteroatoms. The lowest BCUT2D eigenvalue weighted by molar-refractivity contribution is -0.124. The van der Waals surface area contributed by atoms with E-state index in [0.717, 1.165) is 10.2 Å². The molecule has 1 aromatic rings. The topological polar surface area (TPSA) is 56.1 Å². The van der Waals surface area contributed by atoms with Crippen molar-refractivity contribution in [3.05, 3.63) is 28.7 Å². The monoisotopic (exact) mass is 321 g/mol. The largest absolute Gasteiger partial charge is 0.352 e. The SMILES string of the molecule is CC1(C)CNC(=O)C(CC#N)N1c1cccc(Br)c1. The third kappa shape index (κ3) is 2.74. The number of nitriles is 1. The summed E-state index contributed by atoms with van der Waals surface area (Å²) in [5.41, 5.74) is 0.727. The lowest BCUT2D eigenvalue weighted by Gasteiger charge is -2.48. The van der Waals surface area contributed by atoms with Gasteiger partial charge in [-0.15, -0.1) is 0 Å². The molecule has 0 saturated carbocycles. The number of amides is 1. The molecule has 1 amide bonds. The molecule has 0 bridgehead atoms. The van der Waals surface area contributed by atoms with E-state index in [0.29, 0.717) is 6.54 Å². The van der Waals surface area contributed by atoms with Crippen molar-refractivity contribution in [2.24, 2.45) is 0 Å². The minimum atomic E-state index is -0.442. The van der Waals surface area contributed by atoms with E-state index in [1.54, 1.807) is 0 Å². The minimum absolute atomic E-state index is 0.0825. The van der Waals surface area contributed by atoms with Gasteiger partial charge in [0, 0.05) is 16.7 Å². The molecular weight excluding hydrogens is 306 g/mol.